The quantitative estimate of drug-likeness (QED) is 0.920. The number of hydrogen-bond donors (Lipinski definition) is 1. The third-order valence-electron chi connectivity index (χ3n) is 4.93. The van der Waals surface area contributed by atoms with Crippen molar-refractivity contribution in [3.05, 3.63) is 48.2 Å². The Hall–Kier alpha value is -2.89. The lowest BCUT2D eigenvalue weighted by Gasteiger charge is -2.20. The van der Waals surface area contributed by atoms with Crippen LogP contribution in [-0.2, 0) is 4.79 Å². The third kappa shape index (κ3) is 3.27. The predicted molar refractivity (Wildman–Crippen MR) is 102 cm³/mol. The second kappa shape index (κ2) is 7.15. The molecule has 0 bridgehead atoms. The summed E-state index contributed by atoms with van der Waals surface area (Å²) in [4.78, 5) is 33.1. The first-order chi connectivity index (χ1) is 12.7. The summed E-state index contributed by atoms with van der Waals surface area (Å²) in [5, 5.41) is 2.96. The van der Waals surface area contributed by atoms with Gasteiger partial charge in [-0.1, -0.05) is 6.07 Å². The molecule has 0 radical (unpaired) electrons. The van der Waals surface area contributed by atoms with E-state index in [1.54, 1.807) is 17.2 Å². The normalized spacial score (nSPS) is 17.0. The molecule has 2 aliphatic rings. The molecule has 3 heterocycles. The summed E-state index contributed by atoms with van der Waals surface area (Å²) in [5.74, 6) is 0.704. The van der Waals surface area contributed by atoms with Gasteiger partial charge in [0.05, 0.1) is 5.56 Å². The zero-order valence-corrected chi connectivity index (χ0v) is 14.6. The van der Waals surface area contributed by atoms with Crippen LogP contribution in [0.1, 0.15) is 36.0 Å². The van der Waals surface area contributed by atoms with E-state index in [-0.39, 0.29) is 11.8 Å². The van der Waals surface area contributed by atoms with Gasteiger partial charge in [0.1, 0.15) is 5.82 Å². The lowest BCUT2D eigenvalue weighted by atomic mass is 10.2. The van der Waals surface area contributed by atoms with E-state index in [1.165, 1.54) is 0 Å². The molecule has 0 unspecified atom stereocenters. The fraction of sp³-hybridized carbons (Fsp3) is 0.350. The van der Waals surface area contributed by atoms with Gasteiger partial charge in [0, 0.05) is 43.6 Å². The van der Waals surface area contributed by atoms with E-state index in [0.29, 0.717) is 17.7 Å². The number of nitrogens with one attached hydrogen (secondary N) is 1. The highest BCUT2D eigenvalue weighted by Gasteiger charge is 2.23. The van der Waals surface area contributed by atoms with Crippen LogP contribution in [0.3, 0.4) is 0 Å². The number of nitrogens with zero attached hydrogens (tertiary/aromatic N) is 3. The molecular weight excluding hydrogens is 328 g/mol. The van der Waals surface area contributed by atoms with Gasteiger partial charge in [-0.3, -0.25) is 9.59 Å². The molecular formula is C20H22N4O2. The molecule has 1 aromatic carbocycles. The summed E-state index contributed by atoms with van der Waals surface area (Å²) in [5.41, 5.74) is 2.09. The monoisotopic (exact) mass is 350 g/mol. The van der Waals surface area contributed by atoms with Gasteiger partial charge in [0.25, 0.3) is 5.91 Å². The van der Waals surface area contributed by atoms with Gasteiger partial charge in [-0.15, -0.1) is 0 Å². The van der Waals surface area contributed by atoms with E-state index in [9.17, 15) is 9.59 Å². The minimum Gasteiger partial charge on any atom is -0.356 e. The second-order valence-electron chi connectivity index (χ2n) is 6.72. The van der Waals surface area contributed by atoms with Gasteiger partial charge < -0.3 is 15.1 Å². The fourth-order valence-electron chi connectivity index (χ4n) is 3.63. The molecule has 26 heavy (non-hydrogen) atoms. The van der Waals surface area contributed by atoms with Crippen LogP contribution in [0.4, 0.5) is 17.2 Å². The van der Waals surface area contributed by atoms with Crippen molar-refractivity contribution in [1.82, 2.24) is 4.98 Å². The fourth-order valence-corrected chi connectivity index (χ4v) is 3.63. The third-order valence-corrected chi connectivity index (χ3v) is 4.93. The van der Waals surface area contributed by atoms with Crippen LogP contribution in [0.15, 0.2) is 42.6 Å². The molecule has 0 aliphatic carbocycles. The van der Waals surface area contributed by atoms with Crippen LogP contribution < -0.4 is 15.1 Å². The van der Waals surface area contributed by atoms with Gasteiger partial charge in [0.2, 0.25) is 5.91 Å². The molecule has 2 fully saturated rings. The lowest BCUT2D eigenvalue weighted by molar-refractivity contribution is -0.117. The van der Waals surface area contributed by atoms with Gasteiger partial charge >= 0.3 is 0 Å². The van der Waals surface area contributed by atoms with Gasteiger partial charge in [-0.2, -0.15) is 0 Å². The maximum absolute atomic E-state index is 12.8. The number of hydrogen-bond acceptors (Lipinski definition) is 4. The summed E-state index contributed by atoms with van der Waals surface area (Å²) >= 11 is 0. The minimum atomic E-state index is -0.176. The number of carbonyl (C=O) groups is 2. The summed E-state index contributed by atoms with van der Waals surface area (Å²) in [6.07, 6.45) is 5.45. The largest absolute Gasteiger partial charge is 0.356 e. The molecule has 0 saturated carbocycles. The standard InChI is InChI=1S/C20H22N4O2/c25-18-9-5-13-24(18)16-7-3-6-15(14-16)22-20(26)17-8-4-10-21-19(17)23-11-1-2-12-23/h3-4,6-8,10,14H,1-2,5,9,11-13H2,(H,22,26). The Morgan fingerprint density at radius 2 is 1.88 bits per heavy atom. The number of carbonyl (C=O) groups excluding carboxylic acids is 2. The van der Waals surface area contributed by atoms with Crippen LogP contribution in [-0.4, -0.2) is 36.4 Å². The highest BCUT2D eigenvalue weighted by molar-refractivity contribution is 6.08. The molecule has 1 N–H and O–H groups in total. The average Bonchev–Trinajstić information content (AvgIpc) is 3.33. The van der Waals surface area contributed by atoms with Crippen molar-refractivity contribution in [2.45, 2.75) is 25.7 Å². The maximum Gasteiger partial charge on any atom is 0.259 e. The summed E-state index contributed by atoms with van der Waals surface area (Å²) in [6.45, 7) is 2.60. The Labute approximate surface area is 152 Å². The first-order valence-electron chi connectivity index (χ1n) is 9.14. The van der Waals surface area contributed by atoms with E-state index in [0.717, 1.165) is 50.4 Å². The van der Waals surface area contributed by atoms with E-state index < -0.39 is 0 Å². The molecule has 0 spiro atoms. The predicted octanol–water partition coefficient (Wildman–Crippen LogP) is 3.06. The van der Waals surface area contributed by atoms with Crippen molar-refractivity contribution in [3.8, 4) is 0 Å². The van der Waals surface area contributed by atoms with E-state index in [1.807, 2.05) is 30.3 Å². The van der Waals surface area contributed by atoms with Crippen molar-refractivity contribution < 1.29 is 9.59 Å². The molecule has 2 aliphatic heterocycles. The summed E-state index contributed by atoms with van der Waals surface area (Å²) in [7, 11) is 0. The molecule has 2 saturated heterocycles. The van der Waals surface area contributed by atoms with E-state index >= 15 is 0 Å². The van der Waals surface area contributed by atoms with Crippen LogP contribution in [0.2, 0.25) is 0 Å². The smallest absolute Gasteiger partial charge is 0.259 e. The van der Waals surface area contributed by atoms with Crippen molar-refractivity contribution in [3.63, 3.8) is 0 Å². The molecule has 134 valence electrons. The van der Waals surface area contributed by atoms with Crippen LogP contribution in [0.25, 0.3) is 0 Å². The topological polar surface area (TPSA) is 65.5 Å². The Kier molecular flexibility index (Phi) is 4.56. The van der Waals surface area contributed by atoms with E-state index in [4.69, 9.17) is 0 Å². The Morgan fingerprint density at radius 1 is 1.04 bits per heavy atom. The molecule has 4 rings (SSSR count). The molecule has 6 heteroatoms. The highest BCUT2D eigenvalue weighted by Crippen LogP contribution is 2.26. The number of pyridine rings is 1. The summed E-state index contributed by atoms with van der Waals surface area (Å²) in [6, 6.07) is 11.1. The highest BCUT2D eigenvalue weighted by atomic mass is 16.2. The Balaban J connectivity index is 1.55. The summed E-state index contributed by atoms with van der Waals surface area (Å²) < 4.78 is 0. The van der Waals surface area contributed by atoms with Crippen LogP contribution in [0, 0.1) is 0 Å². The molecule has 6 nitrogen and oxygen atoms in total. The van der Waals surface area contributed by atoms with Gasteiger partial charge in [-0.05, 0) is 49.6 Å². The first-order valence-corrected chi connectivity index (χ1v) is 9.14. The van der Waals surface area contributed by atoms with Gasteiger partial charge in [0.15, 0.2) is 0 Å². The van der Waals surface area contributed by atoms with Gasteiger partial charge in [-0.25, -0.2) is 4.98 Å². The molecule has 2 amide bonds. The molecule has 2 aromatic rings. The minimum absolute atomic E-state index is 0.136. The van der Waals surface area contributed by atoms with Crippen molar-refractivity contribution in [2.24, 2.45) is 0 Å². The molecule has 1 aromatic heterocycles. The molecule has 0 atom stereocenters. The zero-order chi connectivity index (χ0) is 17.9. The number of rotatable bonds is 4. The van der Waals surface area contributed by atoms with Crippen LogP contribution in [0.5, 0.6) is 0 Å². The van der Waals surface area contributed by atoms with Crippen molar-refractivity contribution in [1.29, 1.82) is 0 Å². The number of anilines is 3. The number of aromatic nitrogens is 1. The Morgan fingerprint density at radius 3 is 2.65 bits per heavy atom. The van der Waals surface area contributed by atoms with Crippen molar-refractivity contribution >= 4 is 29.0 Å². The average molecular weight is 350 g/mol. The second-order valence-corrected chi connectivity index (χ2v) is 6.72. The Bertz CT molecular complexity index is 830. The SMILES string of the molecule is O=C(Nc1cccc(N2CCCC2=O)c1)c1cccnc1N1CCCC1. The first kappa shape index (κ1) is 16.6. The number of benzene rings is 1. The maximum atomic E-state index is 12.8. The van der Waals surface area contributed by atoms with Crippen LogP contribution >= 0.6 is 0 Å². The van der Waals surface area contributed by atoms with E-state index in [2.05, 4.69) is 15.2 Å². The zero-order valence-electron chi connectivity index (χ0n) is 14.6. The lowest BCUT2D eigenvalue weighted by Crippen LogP contribution is -2.25. The van der Waals surface area contributed by atoms with Crippen molar-refractivity contribution in [2.75, 3.05) is 34.8 Å². The number of amides is 2.